The molecule has 0 bridgehead atoms. The molecule has 1 aliphatic rings. The van der Waals surface area contributed by atoms with Crippen LogP contribution in [0.4, 0.5) is 0 Å². The maximum absolute atomic E-state index is 11.8. The minimum Gasteiger partial charge on any atom is -0.493 e. The second-order valence-corrected chi connectivity index (χ2v) is 8.38. The molecule has 2 aromatic carbocycles. The first kappa shape index (κ1) is 20.3. The molecule has 0 aromatic heterocycles. The van der Waals surface area contributed by atoms with Gasteiger partial charge < -0.3 is 14.8 Å². The summed E-state index contributed by atoms with van der Waals surface area (Å²) in [6.07, 6.45) is 1.69. The molecule has 9 heteroatoms. The zero-order chi connectivity index (χ0) is 19.6. The number of thioether (sulfide) groups is 1. The Kier molecular flexibility index (Phi) is 6.55. The molecule has 4 nitrogen and oxygen atoms in total. The van der Waals surface area contributed by atoms with Crippen LogP contribution in [0, 0.1) is 0 Å². The Morgan fingerprint density at radius 3 is 2.59 bits per heavy atom. The highest BCUT2D eigenvalue weighted by molar-refractivity contribution is 8.26. The second kappa shape index (κ2) is 8.71. The number of carbonyl (C=O) groups is 1. The number of hydrogen-bond acceptors (Lipinski definition) is 5. The first-order valence-corrected chi connectivity index (χ1v) is 9.92. The van der Waals surface area contributed by atoms with Crippen LogP contribution in [0.3, 0.4) is 0 Å². The maximum atomic E-state index is 11.8. The van der Waals surface area contributed by atoms with Crippen molar-refractivity contribution in [2.45, 2.75) is 6.61 Å². The predicted octanol–water partition coefficient (Wildman–Crippen LogP) is 5.72. The first-order valence-electron chi connectivity index (χ1n) is 7.56. The number of benzene rings is 2. The molecule has 1 saturated heterocycles. The number of hydrogen-bond donors (Lipinski definition) is 1. The van der Waals surface area contributed by atoms with Gasteiger partial charge in [-0.25, -0.2) is 0 Å². The molecule has 1 fully saturated rings. The Bertz CT molecular complexity index is 963. The molecule has 1 amide bonds. The smallest absolute Gasteiger partial charge is 0.263 e. The maximum Gasteiger partial charge on any atom is 0.263 e. The van der Waals surface area contributed by atoms with Crippen LogP contribution < -0.4 is 14.8 Å². The molecule has 140 valence electrons. The standard InChI is InChI=1S/C18H12Cl3NO3S2/c1-24-14-5-9(6-15-17(23)22-18(26)27-15)4-13(21)16(14)25-8-10-2-3-11(19)7-12(10)20/h2-7H,8H2,1H3,(H,22,23,26)/b15-6+. The van der Waals surface area contributed by atoms with E-state index >= 15 is 0 Å². The van der Waals surface area contributed by atoms with Gasteiger partial charge in [0.1, 0.15) is 10.9 Å². The van der Waals surface area contributed by atoms with Crippen LogP contribution in [0.15, 0.2) is 35.2 Å². The highest BCUT2D eigenvalue weighted by atomic mass is 35.5. The van der Waals surface area contributed by atoms with Gasteiger partial charge in [0.05, 0.1) is 17.0 Å². The Balaban J connectivity index is 1.85. The van der Waals surface area contributed by atoms with E-state index in [9.17, 15) is 4.79 Å². The lowest BCUT2D eigenvalue weighted by molar-refractivity contribution is -0.115. The number of halogens is 3. The van der Waals surface area contributed by atoms with E-state index in [-0.39, 0.29) is 12.5 Å². The third-order valence-corrected chi connectivity index (χ3v) is 5.61. The fraction of sp³-hybridized carbons (Fsp3) is 0.111. The van der Waals surface area contributed by atoms with Crippen molar-refractivity contribution in [2.24, 2.45) is 0 Å². The fourth-order valence-electron chi connectivity index (χ4n) is 2.32. The molecule has 0 unspecified atom stereocenters. The van der Waals surface area contributed by atoms with E-state index < -0.39 is 0 Å². The van der Waals surface area contributed by atoms with Crippen molar-refractivity contribution in [1.82, 2.24) is 5.32 Å². The van der Waals surface area contributed by atoms with Crippen LogP contribution in [-0.4, -0.2) is 17.3 Å². The number of ether oxygens (including phenoxy) is 2. The Morgan fingerprint density at radius 1 is 1.19 bits per heavy atom. The molecular formula is C18H12Cl3NO3S2. The number of carbonyl (C=O) groups excluding carboxylic acids is 1. The molecule has 27 heavy (non-hydrogen) atoms. The highest BCUT2D eigenvalue weighted by Crippen LogP contribution is 2.38. The van der Waals surface area contributed by atoms with Crippen LogP contribution in [0.2, 0.25) is 15.1 Å². The summed E-state index contributed by atoms with van der Waals surface area (Å²) < 4.78 is 11.6. The van der Waals surface area contributed by atoms with Crippen molar-refractivity contribution in [3.8, 4) is 11.5 Å². The number of thiocarbonyl (C=S) groups is 1. The quantitative estimate of drug-likeness (QED) is 0.456. The van der Waals surface area contributed by atoms with Crippen molar-refractivity contribution in [3.05, 3.63) is 61.4 Å². The van der Waals surface area contributed by atoms with Gasteiger partial charge >= 0.3 is 0 Å². The summed E-state index contributed by atoms with van der Waals surface area (Å²) in [4.78, 5) is 12.3. The summed E-state index contributed by atoms with van der Waals surface area (Å²) in [5.74, 6) is 0.578. The summed E-state index contributed by atoms with van der Waals surface area (Å²) in [5.41, 5.74) is 1.45. The summed E-state index contributed by atoms with van der Waals surface area (Å²) in [7, 11) is 1.51. The van der Waals surface area contributed by atoms with E-state index in [2.05, 4.69) is 5.32 Å². The summed E-state index contributed by atoms with van der Waals surface area (Å²) in [6, 6.07) is 8.57. The summed E-state index contributed by atoms with van der Waals surface area (Å²) >= 11 is 24.6. The molecule has 0 radical (unpaired) electrons. The number of rotatable bonds is 5. The van der Waals surface area contributed by atoms with Crippen LogP contribution in [0.25, 0.3) is 6.08 Å². The van der Waals surface area contributed by atoms with Crippen LogP contribution >= 0.6 is 58.8 Å². The van der Waals surface area contributed by atoms with E-state index in [4.69, 9.17) is 56.5 Å². The van der Waals surface area contributed by atoms with Gasteiger partial charge in [-0.3, -0.25) is 4.79 Å². The van der Waals surface area contributed by atoms with Crippen molar-refractivity contribution < 1.29 is 14.3 Å². The average molecular weight is 461 g/mol. The van der Waals surface area contributed by atoms with Gasteiger partial charge in [-0.2, -0.15) is 0 Å². The Hall–Kier alpha value is -1.44. The molecular weight excluding hydrogens is 449 g/mol. The zero-order valence-corrected chi connectivity index (χ0v) is 17.7. The lowest BCUT2D eigenvalue weighted by Crippen LogP contribution is -2.17. The average Bonchev–Trinajstić information content (AvgIpc) is 2.92. The normalized spacial score (nSPS) is 15.2. The van der Waals surface area contributed by atoms with Crippen molar-refractivity contribution >= 4 is 75.1 Å². The molecule has 2 aromatic rings. The van der Waals surface area contributed by atoms with E-state index in [0.29, 0.717) is 41.4 Å². The molecule has 3 rings (SSSR count). The topological polar surface area (TPSA) is 47.6 Å². The van der Waals surface area contributed by atoms with Crippen molar-refractivity contribution in [2.75, 3.05) is 7.11 Å². The Morgan fingerprint density at radius 2 is 1.96 bits per heavy atom. The molecule has 0 spiro atoms. The lowest BCUT2D eigenvalue weighted by atomic mass is 10.1. The van der Waals surface area contributed by atoms with Gasteiger partial charge in [0.2, 0.25) is 0 Å². The number of methoxy groups -OCH3 is 1. The molecule has 0 aliphatic carbocycles. The van der Waals surface area contributed by atoms with Crippen LogP contribution in [0.1, 0.15) is 11.1 Å². The molecule has 1 aliphatic heterocycles. The molecule has 1 N–H and O–H groups in total. The highest BCUT2D eigenvalue weighted by Gasteiger charge is 2.22. The molecule has 1 heterocycles. The first-order chi connectivity index (χ1) is 12.9. The zero-order valence-electron chi connectivity index (χ0n) is 13.8. The SMILES string of the molecule is COc1cc(/C=C2/SC(=S)NC2=O)cc(Cl)c1OCc1ccc(Cl)cc1Cl. The van der Waals surface area contributed by atoms with Gasteiger partial charge in [-0.1, -0.05) is 64.8 Å². The minimum absolute atomic E-state index is 0.193. The van der Waals surface area contributed by atoms with Gasteiger partial charge in [-0.15, -0.1) is 0 Å². The predicted molar refractivity (Wildman–Crippen MR) is 115 cm³/mol. The second-order valence-electron chi connectivity index (χ2n) is 5.41. The fourth-order valence-corrected chi connectivity index (χ4v) is 4.11. The number of amides is 1. The third kappa shape index (κ3) is 4.89. The number of nitrogens with one attached hydrogen (secondary N) is 1. The lowest BCUT2D eigenvalue weighted by Gasteiger charge is -2.14. The van der Waals surface area contributed by atoms with Crippen LogP contribution in [0.5, 0.6) is 11.5 Å². The summed E-state index contributed by atoms with van der Waals surface area (Å²) in [6.45, 7) is 0.193. The van der Waals surface area contributed by atoms with Gasteiger partial charge in [-0.05, 0) is 35.9 Å². The van der Waals surface area contributed by atoms with E-state index in [1.165, 1.54) is 18.9 Å². The van der Waals surface area contributed by atoms with Crippen molar-refractivity contribution in [3.63, 3.8) is 0 Å². The summed E-state index contributed by atoms with van der Waals surface area (Å²) in [5, 5.41) is 3.96. The Labute approximate surface area is 180 Å². The monoisotopic (exact) mass is 459 g/mol. The van der Waals surface area contributed by atoms with Crippen molar-refractivity contribution in [1.29, 1.82) is 0 Å². The largest absolute Gasteiger partial charge is 0.493 e. The minimum atomic E-state index is -0.238. The van der Waals surface area contributed by atoms with E-state index in [0.717, 1.165) is 5.56 Å². The molecule has 0 saturated carbocycles. The van der Waals surface area contributed by atoms with Gasteiger partial charge in [0.15, 0.2) is 11.5 Å². The molecule has 0 atom stereocenters. The third-order valence-electron chi connectivity index (χ3n) is 3.58. The van der Waals surface area contributed by atoms with Gasteiger partial charge in [0, 0.05) is 15.6 Å². The van der Waals surface area contributed by atoms with Gasteiger partial charge in [0.25, 0.3) is 5.91 Å². The van der Waals surface area contributed by atoms with Crippen LogP contribution in [-0.2, 0) is 11.4 Å². The van der Waals surface area contributed by atoms with E-state index in [1.54, 1.807) is 36.4 Å². The van der Waals surface area contributed by atoms with E-state index in [1.807, 2.05) is 0 Å².